The highest BCUT2D eigenvalue weighted by molar-refractivity contribution is 5.56. The summed E-state index contributed by atoms with van der Waals surface area (Å²) in [4.78, 5) is 1.48. The van der Waals surface area contributed by atoms with Crippen LogP contribution >= 0.6 is 0 Å². The molecular weight excluding hydrogens is 306 g/mol. The zero-order valence-corrected chi connectivity index (χ0v) is 13.1. The fraction of sp³-hybridized carbons (Fsp3) is 0.176. The number of methoxy groups -OCH3 is 1. The van der Waals surface area contributed by atoms with Crippen LogP contribution in [0.5, 0.6) is 11.5 Å². The quantitative estimate of drug-likeness (QED) is 0.692. The Kier molecular flexibility index (Phi) is 4.68. The summed E-state index contributed by atoms with van der Waals surface area (Å²) in [5, 5.41) is 21.2. The van der Waals surface area contributed by atoms with E-state index in [1.807, 2.05) is 24.3 Å². The molecule has 24 heavy (non-hydrogen) atoms. The van der Waals surface area contributed by atoms with Gasteiger partial charge in [0.15, 0.2) is 0 Å². The first kappa shape index (κ1) is 15.5. The average Bonchev–Trinajstić information content (AvgIpc) is 3.11. The molecule has 7 heteroatoms. The molecule has 1 aromatic heterocycles. The normalized spacial score (nSPS) is 10.2. The fourth-order valence-electron chi connectivity index (χ4n) is 2.09. The van der Waals surface area contributed by atoms with E-state index in [-0.39, 0.29) is 0 Å². The Labute approximate surface area is 139 Å². The van der Waals surface area contributed by atoms with Gasteiger partial charge >= 0.3 is 0 Å². The van der Waals surface area contributed by atoms with E-state index in [1.165, 1.54) is 4.80 Å². The summed E-state index contributed by atoms with van der Waals surface area (Å²) >= 11 is 0. The van der Waals surface area contributed by atoms with Crippen LogP contribution in [0, 0.1) is 11.3 Å². The highest BCUT2D eigenvalue weighted by atomic mass is 16.5. The smallest absolute Gasteiger partial charge is 0.205 e. The number of rotatable bonds is 6. The molecule has 0 unspecified atom stereocenters. The lowest BCUT2D eigenvalue weighted by molar-refractivity contribution is 0.280. The molecule has 0 aliphatic carbocycles. The van der Waals surface area contributed by atoms with Gasteiger partial charge in [-0.15, -0.1) is 10.2 Å². The number of hydrogen-bond acceptors (Lipinski definition) is 6. The summed E-state index contributed by atoms with van der Waals surface area (Å²) in [7, 11) is 1.61. The summed E-state index contributed by atoms with van der Waals surface area (Å²) < 4.78 is 10.8. The van der Waals surface area contributed by atoms with Crippen molar-refractivity contribution in [1.29, 1.82) is 5.26 Å². The third kappa shape index (κ3) is 3.67. The molecule has 0 fully saturated rings. The lowest BCUT2D eigenvalue weighted by atomic mass is 10.2. The second-order valence-electron chi connectivity index (χ2n) is 4.93. The van der Waals surface area contributed by atoms with Gasteiger partial charge in [0.1, 0.15) is 18.1 Å². The van der Waals surface area contributed by atoms with Crippen LogP contribution in [0.2, 0.25) is 0 Å². The number of hydrogen-bond donors (Lipinski definition) is 0. The van der Waals surface area contributed by atoms with Gasteiger partial charge < -0.3 is 9.47 Å². The predicted octanol–water partition coefficient (Wildman–Crippen LogP) is 2.30. The number of nitrogens with zero attached hydrogens (tertiary/aromatic N) is 5. The first-order valence-corrected chi connectivity index (χ1v) is 7.33. The Morgan fingerprint density at radius 3 is 2.71 bits per heavy atom. The van der Waals surface area contributed by atoms with Crippen molar-refractivity contribution in [2.24, 2.45) is 0 Å². The van der Waals surface area contributed by atoms with E-state index in [1.54, 1.807) is 31.4 Å². The van der Waals surface area contributed by atoms with Gasteiger partial charge in [-0.05, 0) is 41.6 Å². The Morgan fingerprint density at radius 1 is 1.12 bits per heavy atom. The van der Waals surface area contributed by atoms with Crippen LogP contribution < -0.4 is 9.47 Å². The van der Waals surface area contributed by atoms with Crippen molar-refractivity contribution >= 4 is 0 Å². The van der Waals surface area contributed by atoms with Gasteiger partial charge in [-0.3, -0.25) is 0 Å². The molecule has 0 atom stereocenters. The van der Waals surface area contributed by atoms with Crippen LogP contribution in [0.3, 0.4) is 0 Å². The van der Waals surface area contributed by atoms with Crippen LogP contribution in [0.15, 0.2) is 48.5 Å². The van der Waals surface area contributed by atoms with E-state index in [4.69, 9.17) is 14.7 Å². The minimum absolute atomic E-state index is 0.403. The van der Waals surface area contributed by atoms with E-state index < -0.39 is 0 Å². The van der Waals surface area contributed by atoms with Crippen LogP contribution in [-0.4, -0.2) is 33.9 Å². The van der Waals surface area contributed by atoms with Crippen LogP contribution in [0.4, 0.5) is 0 Å². The minimum Gasteiger partial charge on any atom is -0.497 e. The first-order valence-electron chi connectivity index (χ1n) is 7.33. The second kappa shape index (κ2) is 7.24. The first-order chi connectivity index (χ1) is 11.8. The van der Waals surface area contributed by atoms with Crippen molar-refractivity contribution in [2.45, 2.75) is 6.54 Å². The highest BCUT2D eigenvalue weighted by Gasteiger charge is 2.07. The molecule has 0 bridgehead atoms. The Morgan fingerprint density at radius 2 is 1.96 bits per heavy atom. The van der Waals surface area contributed by atoms with Gasteiger partial charge in [-0.2, -0.15) is 10.1 Å². The number of tetrazole rings is 1. The van der Waals surface area contributed by atoms with Gasteiger partial charge in [0.05, 0.1) is 25.3 Å². The predicted molar refractivity (Wildman–Crippen MR) is 86.5 cm³/mol. The molecule has 0 spiro atoms. The zero-order chi connectivity index (χ0) is 16.8. The molecule has 7 nitrogen and oxygen atoms in total. The second-order valence-corrected chi connectivity index (χ2v) is 4.93. The van der Waals surface area contributed by atoms with E-state index in [2.05, 4.69) is 21.5 Å². The standard InChI is InChI=1S/C17H15N5O2/c1-23-16-4-2-3-14(11-16)17-19-21-22(20-17)9-10-24-15-7-5-13(12-18)6-8-15/h2-8,11H,9-10H2,1H3. The Bertz CT molecular complexity index is 852. The molecule has 0 N–H and O–H groups in total. The maximum absolute atomic E-state index is 8.76. The van der Waals surface area contributed by atoms with Gasteiger partial charge in [-0.1, -0.05) is 12.1 Å². The number of benzene rings is 2. The molecule has 120 valence electrons. The van der Waals surface area contributed by atoms with Crippen molar-refractivity contribution in [1.82, 2.24) is 20.2 Å². The van der Waals surface area contributed by atoms with E-state index in [0.29, 0.717) is 30.3 Å². The SMILES string of the molecule is COc1cccc(-c2nnn(CCOc3ccc(C#N)cc3)n2)c1. The maximum atomic E-state index is 8.76. The molecule has 0 radical (unpaired) electrons. The largest absolute Gasteiger partial charge is 0.497 e. The fourth-order valence-corrected chi connectivity index (χ4v) is 2.09. The molecule has 0 aliphatic heterocycles. The summed E-state index contributed by atoms with van der Waals surface area (Å²) in [5.41, 5.74) is 1.44. The van der Waals surface area contributed by atoms with Gasteiger partial charge in [-0.25, -0.2) is 0 Å². The maximum Gasteiger partial charge on any atom is 0.205 e. The molecule has 0 saturated carbocycles. The van der Waals surface area contributed by atoms with Crippen molar-refractivity contribution < 1.29 is 9.47 Å². The molecular formula is C17H15N5O2. The summed E-state index contributed by atoms with van der Waals surface area (Å²) in [5.74, 6) is 1.97. The summed E-state index contributed by atoms with van der Waals surface area (Å²) in [6, 6.07) is 16.5. The average molecular weight is 321 g/mol. The van der Waals surface area contributed by atoms with E-state index in [0.717, 1.165) is 11.3 Å². The lowest BCUT2D eigenvalue weighted by Gasteiger charge is -2.04. The van der Waals surface area contributed by atoms with Gasteiger partial charge in [0, 0.05) is 5.56 Å². The van der Waals surface area contributed by atoms with Crippen LogP contribution in [0.25, 0.3) is 11.4 Å². The molecule has 1 heterocycles. The number of ether oxygens (including phenoxy) is 2. The van der Waals surface area contributed by atoms with E-state index in [9.17, 15) is 0 Å². The summed E-state index contributed by atoms with van der Waals surface area (Å²) in [6.07, 6.45) is 0. The van der Waals surface area contributed by atoms with Gasteiger partial charge in [0.25, 0.3) is 0 Å². The van der Waals surface area contributed by atoms with Crippen molar-refractivity contribution in [3.8, 4) is 29.0 Å². The van der Waals surface area contributed by atoms with Gasteiger partial charge in [0.2, 0.25) is 5.82 Å². The third-order valence-electron chi connectivity index (χ3n) is 3.32. The molecule has 0 aliphatic rings. The highest BCUT2D eigenvalue weighted by Crippen LogP contribution is 2.19. The van der Waals surface area contributed by atoms with Crippen molar-refractivity contribution in [2.75, 3.05) is 13.7 Å². The van der Waals surface area contributed by atoms with Crippen molar-refractivity contribution in [3.63, 3.8) is 0 Å². The zero-order valence-electron chi connectivity index (χ0n) is 13.1. The number of aromatic nitrogens is 4. The molecule has 0 amide bonds. The Hall–Kier alpha value is -3.40. The topological polar surface area (TPSA) is 85.9 Å². The molecule has 3 rings (SSSR count). The molecule has 0 saturated heterocycles. The Balaban J connectivity index is 1.58. The minimum atomic E-state index is 0.403. The third-order valence-corrected chi connectivity index (χ3v) is 3.32. The van der Waals surface area contributed by atoms with E-state index >= 15 is 0 Å². The number of nitriles is 1. The lowest BCUT2D eigenvalue weighted by Crippen LogP contribution is -2.11. The van der Waals surface area contributed by atoms with Crippen LogP contribution in [0.1, 0.15) is 5.56 Å². The van der Waals surface area contributed by atoms with Crippen LogP contribution in [-0.2, 0) is 6.54 Å². The molecule has 2 aromatic carbocycles. The molecule has 3 aromatic rings. The van der Waals surface area contributed by atoms with Crippen molar-refractivity contribution in [3.05, 3.63) is 54.1 Å². The summed E-state index contributed by atoms with van der Waals surface area (Å²) in [6.45, 7) is 0.872. The monoisotopic (exact) mass is 321 g/mol.